The lowest BCUT2D eigenvalue weighted by Crippen LogP contribution is -2.54. The molecule has 0 saturated carbocycles. The fraction of sp³-hybridized carbons (Fsp3) is 0.778. The van der Waals surface area contributed by atoms with Crippen LogP contribution in [0.3, 0.4) is 0 Å². The second-order valence-electron chi connectivity index (χ2n) is 6.89. The Bertz CT molecular complexity index is 506. The van der Waals surface area contributed by atoms with Gasteiger partial charge in [-0.1, -0.05) is 27.7 Å². The normalized spacial score (nSPS) is 31.9. The number of likely N-dealkylation sites (tertiary alicyclic amines) is 1. The van der Waals surface area contributed by atoms with Crippen molar-refractivity contribution >= 4 is 28.4 Å². The number of nitrogens with one attached hydrogen (secondary N) is 1. The third-order valence-corrected chi connectivity index (χ3v) is 8.19. The van der Waals surface area contributed by atoms with E-state index in [-0.39, 0.29) is 23.7 Å². The summed E-state index contributed by atoms with van der Waals surface area (Å²) in [5, 5.41) is 2.92. The lowest BCUT2D eigenvalue weighted by Gasteiger charge is -2.41. The van der Waals surface area contributed by atoms with Gasteiger partial charge in [-0.2, -0.15) is 0 Å². The van der Waals surface area contributed by atoms with E-state index in [2.05, 4.69) is 25.5 Å². The van der Waals surface area contributed by atoms with Crippen molar-refractivity contribution in [2.75, 3.05) is 26.3 Å². The fourth-order valence-corrected chi connectivity index (χ4v) is 6.77. The molecule has 0 aromatic carbocycles. The van der Waals surface area contributed by atoms with Crippen LogP contribution in [0.2, 0.25) is 0 Å². The Morgan fingerprint density at radius 1 is 1.50 bits per heavy atom. The lowest BCUT2D eigenvalue weighted by atomic mass is 9.81. The molecule has 0 aromatic heterocycles. The van der Waals surface area contributed by atoms with Crippen molar-refractivity contribution in [3.05, 3.63) is 12.7 Å². The highest BCUT2D eigenvalue weighted by Crippen LogP contribution is 2.49. The van der Waals surface area contributed by atoms with E-state index < -0.39 is 17.9 Å². The van der Waals surface area contributed by atoms with Gasteiger partial charge in [0.1, 0.15) is 0 Å². The number of rotatable bonds is 10. The van der Waals surface area contributed by atoms with Gasteiger partial charge >= 0.3 is 0 Å². The molecule has 0 radical (unpaired) electrons. The van der Waals surface area contributed by atoms with Gasteiger partial charge in [-0.3, -0.25) is 9.59 Å². The van der Waals surface area contributed by atoms with Crippen LogP contribution in [0.15, 0.2) is 12.7 Å². The van der Waals surface area contributed by atoms with Crippen LogP contribution in [0, 0.1) is 11.8 Å². The third-order valence-electron chi connectivity index (χ3n) is 5.15. The minimum atomic E-state index is -0.486. The molecule has 6 nitrogen and oxygen atoms in total. The van der Waals surface area contributed by atoms with E-state index in [9.17, 15) is 9.59 Å². The summed E-state index contributed by atoms with van der Waals surface area (Å²) in [5.41, 5.74) is 5.51. The maximum atomic E-state index is 13.3. The van der Waals surface area contributed by atoms with Crippen LogP contribution in [0.25, 0.3) is 0 Å². The standard InChI is InChI=1S/C18H33N3O3P2/c1-4-6-10-21-14(26-25-3)11-13-16(18(21)23)15(12(5-2)24-13)17(22)20-9-7-8-19/h5,12-16,25-26H,2,4,6-11,19H2,1,3H3,(H,20,22)/t12-,13+,14?,15?,16+/m0/s1. The maximum Gasteiger partial charge on any atom is 0.229 e. The van der Waals surface area contributed by atoms with Gasteiger partial charge in [0, 0.05) is 13.1 Å². The van der Waals surface area contributed by atoms with E-state index in [0.717, 1.165) is 48.8 Å². The summed E-state index contributed by atoms with van der Waals surface area (Å²) in [6.45, 7) is 9.99. The minimum absolute atomic E-state index is 0.0915. The maximum absolute atomic E-state index is 13.3. The number of unbranched alkanes of at least 4 members (excludes halogenated alkanes) is 1. The van der Waals surface area contributed by atoms with Gasteiger partial charge in [0.15, 0.2) is 0 Å². The molecular formula is C18H33N3O3P2. The molecule has 2 aliphatic heterocycles. The van der Waals surface area contributed by atoms with E-state index in [1.54, 1.807) is 6.08 Å². The number of amides is 2. The lowest BCUT2D eigenvalue weighted by molar-refractivity contribution is -0.146. The number of hydrogen-bond acceptors (Lipinski definition) is 4. The van der Waals surface area contributed by atoms with Gasteiger partial charge in [-0.25, -0.2) is 0 Å². The van der Waals surface area contributed by atoms with Crippen molar-refractivity contribution in [3.8, 4) is 0 Å². The number of piperidine rings is 1. The molecule has 2 rings (SSSR count). The molecule has 0 aliphatic carbocycles. The predicted octanol–water partition coefficient (Wildman–Crippen LogP) is 1.90. The average molecular weight is 401 g/mol. The van der Waals surface area contributed by atoms with E-state index in [1.807, 2.05) is 4.90 Å². The van der Waals surface area contributed by atoms with Gasteiger partial charge in [-0.05, 0) is 32.5 Å². The van der Waals surface area contributed by atoms with E-state index >= 15 is 0 Å². The summed E-state index contributed by atoms with van der Waals surface area (Å²) in [5.74, 6) is -0.649. The quantitative estimate of drug-likeness (QED) is 0.333. The van der Waals surface area contributed by atoms with E-state index in [1.165, 1.54) is 0 Å². The molecule has 2 saturated heterocycles. The van der Waals surface area contributed by atoms with Crippen LogP contribution in [0.4, 0.5) is 0 Å². The van der Waals surface area contributed by atoms with Crippen molar-refractivity contribution in [2.45, 2.75) is 50.6 Å². The molecule has 2 heterocycles. The Morgan fingerprint density at radius 3 is 2.88 bits per heavy atom. The summed E-state index contributed by atoms with van der Waals surface area (Å²) in [7, 11) is 1.56. The number of hydrogen-bond donors (Lipinski definition) is 2. The number of fused-ring (bicyclic) bond motifs is 1. The topological polar surface area (TPSA) is 84.7 Å². The van der Waals surface area contributed by atoms with Crippen molar-refractivity contribution in [1.82, 2.24) is 10.2 Å². The summed E-state index contributed by atoms with van der Waals surface area (Å²) in [6, 6.07) is 0. The Balaban J connectivity index is 2.19. The molecular weight excluding hydrogens is 368 g/mol. The molecule has 2 amide bonds. The zero-order valence-corrected chi connectivity index (χ0v) is 17.9. The largest absolute Gasteiger partial charge is 0.369 e. The predicted molar refractivity (Wildman–Crippen MR) is 110 cm³/mol. The molecule has 148 valence electrons. The first-order valence-corrected chi connectivity index (χ1v) is 13.1. The third kappa shape index (κ3) is 4.84. The summed E-state index contributed by atoms with van der Waals surface area (Å²) < 4.78 is 6.11. The first-order chi connectivity index (χ1) is 12.6. The number of carbonyl (C=O) groups excluding carboxylic acids is 2. The first-order valence-electron chi connectivity index (χ1n) is 9.57. The van der Waals surface area contributed by atoms with Gasteiger partial charge in [0.05, 0.1) is 29.8 Å². The van der Waals surface area contributed by atoms with E-state index in [0.29, 0.717) is 13.1 Å². The smallest absolute Gasteiger partial charge is 0.229 e. The van der Waals surface area contributed by atoms with Crippen molar-refractivity contribution in [1.29, 1.82) is 0 Å². The highest BCUT2D eigenvalue weighted by molar-refractivity contribution is 8.11. The van der Waals surface area contributed by atoms with Gasteiger partial charge in [-0.15, -0.1) is 14.8 Å². The van der Waals surface area contributed by atoms with E-state index in [4.69, 9.17) is 10.5 Å². The van der Waals surface area contributed by atoms with Crippen LogP contribution < -0.4 is 11.1 Å². The molecule has 8 heteroatoms. The summed E-state index contributed by atoms with van der Waals surface area (Å²) >= 11 is 0. The number of ether oxygens (including phenoxy) is 1. The van der Waals surface area contributed by atoms with Crippen LogP contribution in [0.5, 0.6) is 0 Å². The fourth-order valence-electron chi connectivity index (χ4n) is 3.86. The Hall–Kier alpha value is -0.540. The molecule has 26 heavy (non-hydrogen) atoms. The van der Waals surface area contributed by atoms with Gasteiger partial charge in [0.25, 0.3) is 0 Å². The number of nitrogens with two attached hydrogens (primary N) is 1. The molecule has 3 N–H and O–H groups in total. The zero-order chi connectivity index (χ0) is 19.1. The second kappa shape index (κ2) is 10.7. The highest BCUT2D eigenvalue weighted by atomic mass is 32.0. The molecule has 4 unspecified atom stereocenters. The van der Waals surface area contributed by atoms with Crippen LogP contribution in [-0.2, 0) is 14.3 Å². The number of carbonyl (C=O) groups is 2. The summed E-state index contributed by atoms with van der Waals surface area (Å²) in [6.07, 6.45) is 4.70. The Morgan fingerprint density at radius 2 is 2.27 bits per heavy atom. The molecule has 0 aromatic rings. The van der Waals surface area contributed by atoms with Gasteiger partial charge in [0.2, 0.25) is 11.8 Å². The summed E-state index contributed by atoms with van der Waals surface area (Å²) in [4.78, 5) is 28.1. The monoisotopic (exact) mass is 401 g/mol. The average Bonchev–Trinajstić information content (AvgIpc) is 3.00. The number of nitrogens with zero attached hydrogens (tertiary/aromatic N) is 1. The van der Waals surface area contributed by atoms with Crippen LogP contribution in [0.1, 0.15) is 32.6 Å². The molecule has 0 spiro atoms. The van der Waals surface area contributed by atoms with Crippen molar-refractivity contribution < 1.29 is 14.3 Å². The van der Waals surface area contributed by atoms with Crippen LogP contribution >= 0.6 is 16.5 Å². The minimum Gasteiger partial charge on any atom is -0.369 e. The molecule has 2 fully saturated rings. The second-order valence-corrected chi connectivity index (χ2v) is 10.7. The van der Waals surface area contributed by atoms with Gasteiger partial charge < -0.3 is 20.7 Å². The molecule has 2 aliphatic rings. The highest BCUT2D eigenvalue weighted by Gasteiger charge is 2.55. The Labute approximate surface area is 160 Å². The van der Waals surface area contributed by atoms with Crippen molar-refractivity contribution in [3.63, 3.8) is 0 Å². The Kier molecular flexibility index (Phi) is 8.96. The van der Waals surface area contributed by atoms with Crippen LogP contribution in [-0.4, -0.2) is 61.0 Å². The molecule has 7 atom stereocenters. The first kappa shape index (κ1) is 21.8. The zero-order valence-electron chi connectivity index (χ0n) is 15.9. The SMILES string of the molecule is C=C[C@@H]1O[C@@H]2CC(PPC)N(CCCC)C(=O)[C@H]2C1C(=O)NCCCN. The van der Waals surface area contributed by atoms with Crippen molar-refractivity contribution in [2.24, 2.45) is 17.6 Å². The molecule has 0 bridgehead atoms.